The second-order valence-corrected chi connectivity index (χ2v) is 5.47. The van der Waals surface area contributed by atoms with Gasteiger partial charge < -0.3 is 5.32 Å². The molecule has 1 amide bonds. The van der Waals surface area contributed by atoms with Gasteiger partial charge in [0.25, 0.3) is 5.91 Å². The molecule has 0 unspecified atom stereocenters. The minimum absolute atomic E-state index is 0.0520. The number of carbonyl (C=O) groups excluding carboxylic acids is 2. The topological polar surface area (TPSA) is 46.2 Å². The van der Waals surface area contributed by atoms with E-state index in [0.717, 1.165) is 24.8 Å². The number of fused-ring (bicyclic) bond motifs is 1. The largest absolute Gasteiger partial charge is 0.352 e. The van der Waals surface area contributed by atoms with Gasteiger partial charge in [0.15, 0.2) is 5.78 Å². The van der Waals surface area contributed by atoms with Crippen molar-refractivity contribution in [3.05, 3.63) is 34.9 Å². The highest BCUT2D eigenvalue weighted by molar-refractivity contribution is 6.02. The van der Waals surface area contributed by atoms with Crippen molar-refractivity contribution < 1.29 is 9.59 Å². The molecule has 1 heterocycles. The van der Waals surface area contributed by atoms with Gasteiger partial charge in [-0.2, -0.15) is 0 Å². The van der Waals surface area contributed by atoms with E-state index in [1.165, 1.54) is 19.3 Å². The molecule has 2 rings (SSSR count). The van der Waals surface area contributed by atoms with Gasteiger partial charge in [0.1, 0.15) is 0 Å². The van der Waals surface area contributed by atoms with E-state index in [1.54, 1.807) is 6.07 Å². The van der Waals surface area contributed by atoms with E-state index in [4.69, 9.17) is 0 Å². The molecule has 0 spiro atoms. The normalized spacial score (nSPS) is 13.8. The van der Waals surface area contributed by atoms with E-state index in [9.17, 15) is 9.59 Å². The maximum Gasteiger partial charge on any atom is 0.251 e. The quantitative estimate of drug-likeness (QED) is 0.610. The van der Waals surface area contributed by atoms with Crippen LogP contribution in [0.1, 0.15) is 71.7 Å². The molecule has 108 valence electrons. The first-order chi connectivity index (χ1) is 9.72. The molecule has 1 aromatic rings. The lowest BCUT2D eigenvalue weighted by Crippen LogP contribution is -2.31. The first-order valence-electron chi connectivity index (χ1n) is 7.66. The second kappa shape index (κ2) is 7.22. The van der Waals surface area contributed by atoms with Crippen LogP contribution in [0.15, 0.2) is 18.2 Å². The first kappa shape index (κ1) is 14.8. The van der Waals surface area contributed by atoms with Gasteiger partial charge in [0.2, 0.25) is 0 Å². The number of carbonyl (C=O) groups is 2. The Morgan fingerprint density at radius 2 is 2.00 bits per heavy atom. The summed E-state index contributed by atoms with van der Waals surface area (Å²) >= 11 is 0. The fourth-order valence-electron chi connectivity index (χ4n) is 2.62. The average molecular weight is 273 g/mol. The van der Waals surface area contributed by atoms with Crippen LogP contribution in [0.25, 0.3) is 0 Å². The molecule has 3 heteroatoms. The van der Waals surface area contributed by atoms with Gasteiger partial charge in [-0.25, -0.2) is 0 Å². The average Bonchev–Trinajstić information content (AvgIpc) is 2.47. The van der Waals surface area contributed by atoms with E-state index in [-0.39, 0.29) is 11.7 Å². The summed E-state index contributed by atoms with van der Waals surface area (Å²) in [6, 6.07) is 5.56. The van der Waals surface area contributed by atoms with Crippen molar-refractivity contribution >= 4 is 11.7 Å². The second-order valence-electron chi connectivity index (χ2n) is 5.47. The van der Waals surface area contributed by atoms with Gasteiger partial charge in [-0.15, -0.1) is 0 Å². The lowest BCUT2D eigenvalue weighted by molar-refractivity contribution is 0.0946. The van der Waals surface area contributed by atoms with Crippen LogP contribution in [0.5, 0.6) is 0 Å². The highest BCUT2D eigenvalue weighted by Gasteiger charge is 2.18. The van der Waals surface area contributed by atoms with Crippen molar-refractivity contribution in [3.8, 4) is 0 Å². The van der Waals surface area contributed by atoms with Crippen LogP contribution < -0.4 is 5.32 Å². The molecule has 0 bridgehead atoms. The van der Waals surface area contributed by atoms with Crippen LogP contribution in [-0.4, -0.2) is 18.2 Å². The minimum atomic E-state index is -0.0520. The Balaban J connectivity index is 1.93. The zero-order valence-corrected chi connectivity index (χ0v) is 12.2. The summed E-state index contributed by atoms with van der Waals surface area (Å²) in [4.78, 5) is 23.9. The molecule has 3 nitrogen and oxygen atoms in total. The zero-order valence-electron chi connectivity index (χ0n) is 12.2. The van der Waals surface area contributed by atoms with Crippen molar-refractivity contribution in [2.24, 2.45) is 0 Å². The summed E-state index contributed by atoms with van der Waals surface area (Å²) in [5.41, 5.74) is 2.40. The molecule has 0 aromatic heterocycles. The monoisotopic (exact) mass is 273 g/mol. The number of benzene rings is 1. The first-order valence-corrected chi connectivity index (χ1v) is 7.66. The van der Waals surface area contributed by atoms with Gasteiger partial charge in [-0.05, 0) is 24.5 Å². The lowest BCUT2D eigenvalue weighted by atomic mass is 9.95. The fourth-order valence-corrected chi connectivity index (χ4v) is 2.62. The number of Topliss-reactive ketones (excluding diaryl/α,β-unsaturated/α-hetero) is 1. The van der Waals surface area contributed by atoms with Gasteiger partial charge in [0.05, 0.1) is 0 Å². The zero-order chi connectivity index (χ0) is 14.4. The van der Waals surface area contributed by atoms with E-state index >= 15 is 0 Å². The predicted molar refractivity (Wildman–Crippen MR) is 80.2 cm³/mol. The maximum atomic E-state index is 12.1. The summed E-state index contributed by atoms with van der Waals surface area (Å²) in [6.07, 6.45) is 7.17. The number of rotatable bonds is 7. The highest BCUT2D eigenvalue weighted by atomic mass is 16.1. The Labute approximate surface area is 120 Å². The smallest absolute Gasteiger partial charge is 0.251 e. The molecule has 1 N–H and O–H groups in total. The number of ketones is 1. The molecule has 0 saturated carbocycles. The van der Waals surface area contributed by atoms with Gasteiger partial charge in [0, 0.05) is 24.1 Å². The Morgan fingerprint density at radius 3 is 2.80 bits per heavy atom. The SMILES string of the molecule is CCCCCCCC(=O)c1ccc2c(c1)C(=O)NCC2. The third kappa shape index (κ3) is 3.69. The van der Waals surface area contributed by atoms with Gasteiger partial charge in [-0.1, -0.05) is 44.7 Å². The van der Waals surface area contributed by atoms with Crippen molar-refractivity contribution in [2.45, 2.75) is 51.9 Å². The lowest BCUT2D eigenvalue weighted by Gasteiger charge is -2.16. The van der Waals surface area contributed by atoms with Crippen molar-refractivity contribution in [2.75, 3.05) is 6.54 Å². The fraction of sp³-hybridized carbons (Fsp3) is 0.529. The van der Waals surface area contributed by atoms with E-state index in [1.807, 2.05) is 12.1 Å². The molecule has 1 aromatic carbocycles. The molecule has 20 heavy (non-hydrogen) atoms. The van der Waals surface area contributed by atoms with Crippen LogP contribution in [0, 0.1) is 0 Å². The summed E-state index contributed by atoms with van der Waals surface area (Å²) in [6.45, 7) is 2.87. The molecular weight excluding hydrogens is 250 g/mol. The van der Waals surface area contributed by atoms with Crippen LogP contribution in [-0.2, 0) is 6.42 Å². The van der Waals surface area contributed by atoms with Crippen molar-refractivity contribution in [3.63, 3.8) is 0 Å². The molecule has 0 atom stereocenters. The molecule has 0 aliphatic carbocycles. The van der Waals surface area contributed by atoms with Crippen LogP contribution >= 0.6 is 0 Å². The van der Waals surface area contributed by atoms with Crippen molar-refractivity contribution in [1.29, 1.82) is 0 Å². The number of nitrogens with one attached hydrogen (secondary N) is 1. The Hall–Kier alpha value is -1.64. The predicted octanol–water partition coefficient (Wildman–Crippen LogP) is 3.52. The van der Waals surface area contributed by atoms with Gasteiger partial charge >= 0.3 is 0 Å². The van der Waals surface area contributed by atoms with E-state index in [0.29, 0.717) is 24.1 Å². The van der Waals surface area contributed by atoms with Crippen LogP contribution in [0.3, 0.4) is 0 Å². The van der Waals surface area contributed by atoms with Gasteiger partial charge in [-0.3, -0.25) is 9.59 Å². The van der Waals surface area contributed by atoms with Crippen LogP contribution in [0.2, 0.25) is 0 Å². The van der Waals surface area contributed by atoms with Crippen LogP contribution in [0.4, 0.5) is 0 Å². The standard InChI is InChI=1S/C17H23NO2/c1-2-3-4-5-6-7-16(19)14-9-8-13-10-11-18-17(20)15(13)12-14/h8-9,12H,2-7,10-11H2,1H3,(H,18,20). The molecule has 0 radical (unpaired) electrons. The van der Waals surface area contributed by atoms with E-state index in [2.05, 4.69) is 12.2 Å². The highest BCUT2D eigenvalue weighted by Crippen LogP contribution is 2.18. The number of hydrogen-bond acceptors (Lipinski definition) is 2. The number of hydrogen-bond donors (Lipinski definition) is 1. The molecule has 0 fully saturated rings. The summed E-state index contributed by atoms with van der Waals surface area (Å²) in [5.74, 6) is 0.103. The maximum absolute atomic E-state index is 12.1. The Kier molecular flexibility index (Phi) is 5.33. The van der Waals surface area contributed by atoms with Crippen molar-refractivity contribution in [1.82, 2.24) is 5.32 Å². The summed E-state index contributed by atoms with van der Waals surface area (Å²) in [5, 5.41) is 2.82. The third-order valence-corrected chi connectivity index (χ3v) is 3.86. The molecule has 1 aliphatic heterocycles. The Bertz CT molecular complexity index is 494. The molecular formula is C17H23NO2. The minimum Gasteiger partial charge on any atom is -0.352 e. The Morgan fingerprint density at radius 1 is 1.20 bits per heavy atom. The number of amides is 1. The summed E-state index contributed by atoms with van der Waals surface area (Å²) < 4.78 is 0. The summed E-state index contributed by atoms with van der Waals surface area (Å²) in [7, 11) is 0. The molecule has 1 aliphatic rings. The number of unbranched alkanes of at least 4 members (excludes halogenated alkanes) is 4. The van der Waals surface area contributed by atoms with E-state index < -0.39 is 0 Å². The molecule has 0 saturated heterocycles. The third-order valence-electron chi connectivity index (χ3n) is 3.86.